The third kappa shape index (κ3) is 2.95. The number of hydrogen-bond acceptors (Lipinski definition) is 2. The molecule has 6 rings (SSSR count). The smallest absolute Gasteiger partial charge is 0.170 e. The van der Waals surface area contributed by atoms with Gasteiger partial charge in [-0.25, -0.2) is 0 Å². The van der Waals surface area contributed by atoms with Crippen LogP contribution in [0.25, 0.3) is 16.7 Å². The van der Waals surface area contributed by atoms with Gasteiger partial charge in [0.15, 0.2) is 5.78 Å². The normalized spacial score (nSPS) is 28.2. The Kier molecular flexibility index (Phi) is 4.75. The molecule has 2 atom stereocenters. The first-order chi connectivity index (χ1) is 14.0. The zero-order valence-electron chi connectivity index (χ0n) is 16.4. The fourth-order valence-electron chi connectivity index (χ4n) is 5.96. The van der Waals surface area contributed by atoms with Crippen molar-refractivity contribution in [3.05, 3.63) is 63.3 Å². The molecular formula is C25H24Cl2O2. The lowest BCUT2D eigenvalue weighted by atomic mass is 9.59. The topological polar surface area (TPSA) is 37.3 Å². The van der Waals surface area contributed by atoms with Gasteiger partial charge in [0.2, 0.25) is 0 Å². The van der Waals surface area contributed by atoms with E-state index in [1.165, 1.54) is 0 Å². The standard InChI is InChI=1S/C25H24Cl2O2/c1-2-13-3-8-16(18-10-9-17(26)12-20(18)27)11-19(13)23-24(28)21-14-4-5-15(7-6-14)22(21)25(23)29/h3,8-12,14-15,21-22,28H,2,4-7H2,1H3/t14-,15+,21-,22+/m0/s1. The zero-order chi connectivity index (χ0) is 20.3. The molecule has 3 fully saturated rings. The van der Waals surface area contributed by atoms with Gasteiger partial charge < -0.3 is 5.11 Å². The van der Waals surface area contributed by atoms with Crippen LogP contribution in [0.15, 0.2) is 42.2 Å². The van der Waals surface area contributed by atoms with E-state index in [1.807, 2.05) is 24.3 Å². The first kappa shape index (κ1) is 19.2. The Labute approximate surface area is 181 Å². The van der Waals surface area contributed by atoms with Gasteiger partial charge in [-0.1, -0.05) is 48.3 Å². The lowest BCUT2D eigenvalue weighted by Crippen LogP contribution is -2.41. The number of carbonyl (C=O) groups excluding carboxylic acids is 1. The molecule has 4 heteroatoms. The summed E-state index contributed by atoms with van der Waals surface area (Å²) in [6, 6.07) is 11.6. The number of aliphatic hydroxyl groups is 1. The minimum Gasteiger partial charge on any atom is -0.511 e. The Hall–Kier alpha value is -1.77. The number of Topliss-reactive ketones (excluding diaryl/α,β-unsaturated/α-hetero) is 1. The van der Waals surface area contributed by atoms with Crippen LogP contribution in [-0.2, 0) is 11.2 Å². The second kappa shape index (κ2) is 7.18. The van der Waals surface area contributed by atoms with E-state index in [4.69, 9.17) is 23.2 Å². The summed E-state index contributed by atoms with van der Waals surface area (Å²) in [7, 11) is 0. The second-order valence-corrected chi connectivity index (χ2v) is 9.54. The number of rotatable bonds is 3. The third-order valence-electron chi connectivity index (χ3n) is 7.34. The Morgan fingerprint density at radius 3 is 2.24 bits per heavy atom. The van der Waals surface area contributed by atoms with E-state index in [0.717, 1.165) is 54.4 Å². The van der Waals surface area contributed by atoms with Gasteiger partial charge in [0.1, 0.15) is 5.76 Å². The van der Waals surface area contributed by atoms with Crippen LogP contribution in [0, 0.1) is 23.7 Å². The van der Waals surface area contributed by atoms with Crippen molar-refractivity contribution in [3.63, 3.8) is 0 Å². The van der Waals surface area contributed by atoms with E-state index in [1.54, 1.807) is 6.07 Å². The fourth-order valence-corrected chi connectivity index (χ4v) is 6.48. The molecule has 2 nitrogen and oxygen atoms in total. The number of aryl methyl sites for hydroxylation is 1. The minimum absolute atomic E-state index is 0.0232. The summed E-state index contributed by atoms with van der Waals surface area (Å²) in [4.78, 5) is 13.5. The van der Waals surface area contributed by atoms with Gasteiger partial charge in [0, 0.05) is 27.4 Å². The van der Waals surface area contributed by atoms with Crippen LogP contribution >= 0.6 is 23.2 Å². The number of halogens is 2. The van der Waals surface area contributed by atoms with E-state index in [0.29, 0.717) is 33.2 Å². The molecule has 0 unspecified atom stereocenters. The van der Waals surface area contributed by atoms with E-state index >= 15 is 0 Å². The highest BCUT2D eigenvalue weighted by Gasteiger charge is 2.54. The monoisotopic (exact) mass is 426 g/mol. The van der Waals surface area contributed by atoms with Crippen LogP contribution in [0.1, 0.15) is 43.7 Å². The number of carbonyl (C=O) groups is 1. The largest absolute Gasteiger partial charge is 0.511 e. The number of hydrogen-bond donors (Lipinski definition) is 1. The Balaban J connectivity index is 1.64. The number of aliphatic hydroxyl groups excluding tert-OH is 1. The molecule has 0 heterocycles. The van der Waals surface area contributed by atoms with Crippen molar-refractivity contribution in [1.29, 1.82) is 0 Å². The summed E-state index contributed by atoms with van der Waals surface area (Å²) in [6.45, 7) is 2.08. The first-order valence-electron chi connectivity index (χ1n) is 10.6. The lowest BCUT2D eigenvalue weighted by molar-refractivity contribution is -0.123. The van der Waals surface area contributed by atoms with Gasteiger partial charge in [0.05, 0.1) is 5.57 Å². The first-order valence-corrected chi connectivity index (χ1v) is 11.3. The second-order valence-electron chi connectivity index (χ2n) is 8.70. The zero-order valence-corrected chi connectivity index (χ0v) is 17.9. The van der Waals surface area contributed by atoms with E-state index in [2.05, 4.69) is 13.0 Å². The Morgan fingerprint density at radius 1 is 0.931 bits per heavy atom. The number of allylic oxidation sites excluding steroid dienone is 2. The molecule has 2 aromatic rings. The Bertz CT molecular complexity index is 1030. The average molecular weight is 427 g/mol. The van der Waals surface area contributed by atoms with Crippen molar-refractivity contribution in [2.75, 3.05) is 0 Å². The van der Waals surface area contributed by atoms with Gasteiger partial charge in [0.25, 0.3) is 0 Å². The van der Waals surface area contributed by atoms with Crippen LogP contribution in [0.5, 0.6) is 0 Å². The molecule has 0 amide bonds. The summed E-state index contributed by atoms with van der Waals surface area (Å²) >= 11 is 12.5. The molecule has 0 aliphatic heterocycles. The molecular weight excluding hydrogens is 403 g/mol. The number of fused-ring (bicyclic) bond motifs is 2. The van der Waals surface area contributed by atoms with Crippen LogP contribution < -0.4 is 0 Å². The average Bonchev–Trinajstić information content (AvgIpc) is 3.01. The fraction of sp³-hybridized carbons (Fsp3) is 0.400. The van der Waals surface area contributed by atoms with Gasteiger partial charge >= 0.3 is 0 Å². The maximum Gasteiger partial charge on any atom is 0.170 e. The van der Waals surface area contributed by atoms with Crippen LogP contribution in [0.3, 0.4) is 0 Å². The molecule has 150 valence electrons. The van der Waals surface area contributed by atoms with Crippen molar-refractivity contribution >= 4 is 34.6 Å². The molecule has 0 aromatic heterocycles. The number of benzene rings is 2. The molecule has 2 aromatic carbocycles. The molecule has 4 aliphatic rings. The molecule has 0 spiro atoms. The maximum atomic E-state index is 13.5. The van der Waals surface area contributed by atoms with Crippen molar-refractivity contribution in [3.8, 4) is 11.1 Å². The minimum atomic E-state index is -0.0232. The van der Waals surface area contributed by atoms with E-state index in [9.17, 15) is 9.90 Å². The van der Waals surface area contributed by atoms with Crippen molar-refractivity contribution in [2.45, 2.75) is 39.0 Å². The van der Waals surface area contributed by atoms with Gasteiger partial charge in [-0.15, -0.1) is 0 Å². The quantitative estimate of drug-likeness (QED) is 0.566. The summed E-state index contributed by atoms with van der Waals surface area (Å²) < 4.78 is 0. The summed E-state index contributed by atoms with van der Waals surface area (Å²) in [5.74, 6) is 1.36. The van der Waals surface area contributed by atoms with Crippen LogP contribution in [-0.4, -0.2) is 10.9 Å². The predicted molar refractivity (Wildman–Crippen MR) is 118 cm³/mol. The maximum absolute atomic E-state index is 13.5. The predicted octanol–water partition coefficient (Wildman–Crippen LogP) is 7.13. The van der Waals surface area contributed by atoms with Crippen molar-refractivity contribution in [2.24, 2.45) is 23.7 Å². The highest BCUT2D eigenvalue weighted by molar-refractivity contribution is 6.36. The van der Waals surface area contributed by atoms with Crippen LogP contribution in [0.2, 0.25) is 10.0 Å². The van der Waals surface area contributed by atoms with Crippen molar-refractivity contribution < 1.29 is 9.90 Å². The van der Waals surface area contributed by atoms with Crippen LogP contribution in [0.4, 0.5) is 0 Å². The molecule has 0 radical (unpaired) electrons. The lowest BCUT2D eigenvalue weighted by Gasteiger charge is -2.44. The van der Waals surface area contributed by atoms with Gasteiger partial charge in [-0.3, -0.25) is 4.79 Å². The van der Waals surface area contributed by atoms with Gasteiger partial charge in [-0.2, -0.15) is 0 Å². The number of ketones is 1. The molecule has 3 saturated carbocycles. The summed E-state index contributed by atoms with van der Waals surface area (Å²) in [5.41, 5.74) is 4.32. The SMILES string of the molecule is CCc1ccc(-c2ccc(Cl)cc2Cl)cc1C1=C(O)[C@H]2[C@H]3CC[C@H](CC3)[C@H]2C1=O. The molecule has 0 saturated heterocycles. The summed E-state index contributed by atoms with van der Waals surface area (Å²) in [6.07, 6.45) is 5.32. The van der Waals surface area contributed by atoms with Gasteiger partial charge in [-0.05, 0) is 78.8 Å². The van der Waals surface area contributed by atoms with E-state index in [-0.39, 0.29) is 17.6 Å². The summed E-state index contributed by atoms with van der Waals surface area (Å²) in [5, 5.41) is 12.4. The molecule has 1 N–H and O–H groups in total. The Morgan fingerprint density at radius 2 is 1.62 bits per heavy atom. The van der Waals surface area contributed by atoms with Crippen molar-refractivity contribution in [1.82, 2.24) is 0 Å². The highest BCUT2D eigenvalue weighted by atomic mass is 35.5. The third-order valence-corrected chi connectivity index (χ3v) is 7.89. The molecule has 4 aliphatic carbocycles. The van der Waals surface area contributed by atoms with E-state index < -0.39 is 0 Å². The highest BCUT2D eigenvalue weighted by Crippen LogP contribution is 2.57. The molecule has 2 bridgehead atoms. The molecule has 29 heavy (non-hydrogen) atoms.